The summed E-state index contributed by atoms with van der Waals surface area (Å²) < 4.78 is 0. The van der Waals surface area contributed by atoms with Gasteiger partial charge in [0.15, 0.2) is 5.78 Å². The van der Waals surface area contributed by atoms with Gasteiger partial charge in [0.05, 0.1) is 0 Å². The van der Waals surface area contributed by atoms with Crippen LogP contribution in [-0.4, -0.2) is 27.9 Å². The molecule has 15 heavy (non-hydrogen) atoms. The fourth-order valence-corrected chi connectivity index (χ4v) is 0.549. The highest BCUT2D eigenvalue weighted by Gasteiger charge is 1.88. The highest BCUT2D eigenvalue weighted by Crippen LogP contribution is 1.86. The number of hydrogen-bond donors (Lipinski definition) is 2. The van der Waals surface area contributed by atoms with Crippen LogP contribution in [0.4, 0.5) is 0 Å². The van der Waals surface area contributed by atoms with Gasteiger partial charge < -0.3 is 10.2 Å². The molecule has 5 nitrogen and oxygen atoms in total. The van der Waals surface area contributed by atoms with Crippen molar-refractivity contribution in [3.05, 3.63) is 23.8 Å². The summed E-state index contributed by atoms with van der Waals surface area (Å²) in [5, 5.41) is 15.6. The molecule has 0 aliphatic carbocycles. The van der Waals surface area contributed by atoms with Crippen molar-refractivity contribution in [2.75, 3.05) is 0 Å². The van der Waals surface area contributed by atoms with E-state index in [2.05, 4.69) is 0 Å². The van der Waals surface area contributed by atoms with Crippen LogP contribution in [0.5, 0.6) is 0 Å². The highest BCUT2D eigenvalue weighted by molar-refractivity contribution is 5.89. The monoisotopic (exact) mass is 214 g/mol. The maximum atomic E-state index is 10.2. The highest BCUT2D eigenvalue weighted by atomic mass is 16.4. The largest absolute Gasteiger partial charge is 0.478 e. The van der Waals surface area contributed by atoms with Gasteiger partial charge in [0.1, 0.15) is 0 Å². The zero-order valence-corrected chi connectivity index (χ0v) is 8.85. The molecule has 0 saturated heterocycles. The second-order valence-corrected chi connectivity index (χ2v) is 2.84. The van der Waals surface area contributed by atoms with Crippen LogP contribution < -0.4 is 0 Å². The number of carbonyl (C=O) groups excluding carboxylic acids is 1. The molecule has 0 aliphatic rings. The standard InChI is InChI=1S/C6H10O.C4H4O4/c1-5(2)4-6(3)7;5-3(6)1-2-4(7)8/h4H,1-3H3;1-2H,(H,5,6)(H,7,8). The van der Waals surface area contributed by atoms with Gasteiger partial charge in [-0.3, -0.25) is 4.79 Å². The minimum atomic E-state index is -1.26. The quantitative estimate of drug-likeness (QED) is 0.690. The van der Waals surface area contributed by atoms with Crippen molar-refractivity contribution in [1.82, 2.24) is 0 Å². The maximum Gasteiger partial charge on any atom is 0.328 e. The maximum absolute atomic E-state index is 10.2. The molecule has 5 heteroatoms. The van der Waals surface area contributed by atoms with Gasteiger partial charge >= 0.3 is 11.9 Å². The van der Waals surface area contributed by atoms with E-state index in [0.29, 0.717) is 12.2 Å². The Hall–Kier alpha value is -1.91. The Labute approximate surface area is 87.7 Å². The van der Waals surface area contributed by atoms with Crippen LogP contribution in [-0.2, 0) is 14.4 Å². The van der Waals surface area contributed by atoms with Crippen LogP contribution in [0.1, 0.15) is 20.8 Å². The lowest BCUT2D eigenvalue weighted by molar-refractivity contribution is -0.134. The number of aliphatic carboxylic acids is 2. The molecule has 0 atom stereocenters. The molecule has 0 fully saturated rings. The van der Waals surface area contributed by atoms with E-state index < -0.39 is 11.9 Å². The van der Waals surface area contributed by atoms with Gasteiger partial charge in [-0.05, 0) is 26.8 Å². The van der Waals surface area contributed by atoms with E-state index in [0.717, 1.165) is 5.57 Å². The number of allylic oxidation sites excluding steroid dienone is 2. The van der Waals surface area contributed by atoms with Gasteiger partial charge in [0.2, 0.25) is 0 Å². The third-order valence-corrected chi connectivity index (χ3v) is 0.860. The first-order valence-corrected chi connectivity index (χ1v) is 4.05. The average molecular weight is 214 g/mol. The average Bonchev–Trinajstić information content (AvgIpc) is 1.99. The number of carboxylic acid groups (broad SMARTS) is 2. The number of ketones is 1. The van der Waals surface area contributed by atoms with E-state index >= 15 is 0 Å². The Balaban J connectivity index is 0. The lowest BCUT2D eigenvalue weighted by Gasteiger charge is -1.80. The molecule has 0 amide bonds. The molecule has 0 aromatic carbocycles. The van der Waals surface area contributed by atoms with Crippen molar-refractivity contribution in [2.24, 2.45) is 0 Å². The van der Waals surface area contributed by atoms with Gasteiger partial charge in [-0.15, -0.1) is 0 Å². The first kappa shape index (κ1) is 15.6. The van der Waals surface area contributed by atoms with Crippen molar-refractivity contribution in [3.8, 4) is 0 Å². The van der Waals surface area contributed by atoms with Crippen LogP contribution in [0, 0.1) is 0 Å². The summed E-state index contributed by atoms with van der Waals surface area (Å²) in [6.45, 7) is 5.36. The molecule has 0 bridgehead atoms. The molecule has 0 saturated carbocycles. The number of rotatable bonds is 3. The molecule has 0 aromatic rings. The SMILES string of the molecule is CC(=O)C=C(C)C.O=C(O)C=CC(=O)O. The second kappa shape index (κ2) is 8.68. The molecule has 84 valence electrons. The summed E-state index contributed by atoms with van der Waals surface area (Å²) in [6, 6.07) is 0. The molecule has 0 aliphatic heterocycles. The second-order valence-electron chi connectivity index (χ2n) is 2.84. The molecular formula is C10H14O5. The molecular weight excluding hydrogens is 200 g/mol. The fourth-order valence-electron chi connectivity index (χ4n) is 0.549. The number of carboxylic acids is 2. The first-order valence-electron chi connectivity index (χ1n) is 4.05. The Morgan fingerprint density at radius 1 is 0.867 bits per heavy atom. The van der Waals surface area contributed by atoms with Crippen LogP contribution in [0.25, 0.3) is 0 Å². The van der Waals surface area contributed by atoms with Gasteiger partial charge in [0.25, 0.3) is 0 Å². The summed E-state index contributed by atoms with van der Waals surface area (Å²) in [7, 11) is 0. The summed E-state index contributed by atoms with van der Waals surface area (Å²) in [5.41, 5.74) is 1.06. The summed E-state index contributed by atoms with van der Waals surface area (Å²) >= 11 is 0. The van der Waals surface area contributed by atoms with Crippen molar-refractivity contribution < 1.29 is 24.6 Å². The fraction of sp³-hybridized carbons (Fsp3) is 0.300. The third-order valence-electron chi connectivity index (χ3n) is 0.860. The summed E-state index contributed by atoms with van der Waals surface area (Å²) in [6.07, 6.45) is 2.73. The minimum absolute atomic E-state index is 0.125. The van der Waals surface area contributed by atoms with E-state index in [-0.39, 0.29) is 5.78 Å². The van der Waals surface area contributed by atoms with Crippen LogP contribution in [0.3, 0.4) is 0 Å². The Morgan fingerprint density at radius 3 is 1.27 bits per heavy atom. The normalized spacial score (nSPS) is 8.73. The molecule has 0 unspecified atom stereocenters. The number of carbonyl (C=O) groups is 3. The predicted octanol–water partition coefficient (Wildman–Crippen LogP) is 1.25. The van der Waals surface area contributed by atoms with Gasteiger partial charge in [0, 0.05) is 12.2 Å². The smallest absolute Gasteiger partial charge is 0.328 e. The zero-order valence-electron chi connectivity index (χ0n) is 8.85. The Kier molecular flexibility index (Phi) is 9.00. The summed E-state index contributed by atoms with van der Waals surface area (Å²) in [4.78, 5) is 29.3. The topological polar surface area (TPSA) is 91.7 Å². The van der Waals surface area contributed by atoms with Crippen LogP contribution in [0.2, 0.25) is 0 Å². The summed E-state index contributed by atoms with van der Waals surface area (Å²) in [5.74, 6) is -2.39. The van der Waals surface area contributed by atoms with E-state index in [9.17, 15) is 14.4 Å². The molecule has 0 radical (unpaired) electrons. The first-order chi connectivity index (χ1) is 6.75. The van der Waals surface area contributed by atoms with Crippen molar-refractivity contribution in [1.29, 1.82) is 0 Å². The molecule has 0 rings (SSSR count). The number of hydrogen-bond acceptors (Lipinski definition) is 3. The van der Waals surface area contributed by atoms with E-state index in [1.54, 1.807) is 13.0 Å². The van der Waals surface area contributed by atoms with Crippen LogP contribution in [0.15, 0.2) is 23.8 Å². The molecule has 0 heterocycles. The van der Waals surface area contributed by atoms with Gasteiger partial charge in [-0.25, -0.2) is 9.59 Å². The zero-order chi connectivity index (χ0) is 12.4. The molecule has 2 N–H and O–H groups in total. The lowest BCUT2D eigenvalue weighted by Crippen LogP contribution is -1.91. The van der Waals surface area contributed by atoms with Gasteiger partial charge in [-0.1, -0.05) is 5.57 Å². The van der Waals surface area contributed by atoms with E-state index in [4.69, 9.17) is 10.2 Å². The molecule has 0 spiro atoms. The minimum Gasteiger partial charge on any atom is -0.478 e. The Morgan fingerprint density at radius 2 is 1.20 bits per heavy atom. The predicted molar refractivity (Wildman–Crippen MR) is 54.5 cm³/mol. The molecule has 0 aromatic heterocycles. The van der Waals surface area contributed by atoms with Crippen LogP contribution >= 0.6 is 0 Å². The van der Waals surface area contributed by atoms with E-state index in [1.165, 1.54) is 0 Å². The Bertz CT molecular complexity index is 279. The van der Waals surface area contributed by atoms with E-state index in [1.807, 2.05) is 13.8 Å². The van der Waals surface area contributed by atoms with Crippen molar-refractivity contribution >= 4 is 17.7 Å². The van der Waals surface area contributed by atoms with Crippen molar-refractivity contribution in [3.63, 3.8) is 0 Å². The third kappa shape index (κ3) is 24.5. The lowest BCUT2D eigenvalue weighted by atomic mass is 10.3. The van der Waals surface area contributed by atoms with Gasteiger partial charge in [-0.2, -0.15) is 0 Å². The van der Waals surface area contributed by atoms with Crippen molar-refractivity contribution in [2.45, 2.75) is 20.8 Å².